The molecule has 2 aromatic carbocycles. The summed E-state index contributed by atoms with van der Waals surface area (Å²) >= 11 is 4.41. The average Bonchev–Trinajstić information content (AvgIpc) is 3.12. The van der Waals surface area contributed by atoms with Crippen LogP contribution in [0.5, 0.6) is 5.75 Å². The lowest BCUT2D eigenvalue weighted by Gasteiger charge is -2.25. The molecule has 2 aliphatic rings. The molecule has 10 heteroatoms. The molecular formula is C19H16BrFN2O4S2. The summed E-state index contributed by atoms with van der Waals surface area (Å²) in [6.45, 7) is -0.266. The van der Waals surface area contributed by atoms with E-state index in [0.29, 0.717) is 10.2 Å². The van der Waals surface area contributed by atoms with Crippen molar-refractivity contribution in [1.29, 1.82) is 0 Å². The number of aliphatic imine (C=N–C) groups is 1. The summed E-state index contributed by atoms with van der Waals surface area (Å²) in [5.74, 6) is -0.635. The Morgan fingerprint density at radius 2 is 2.00 bits per heavy atom. The Labute approximate surface area is 180 Å². The first-order valence-corrected chi connectivity index (χ1v) is 12.2. The van der Waals surface area contributed by atoms with Crippen LogP contribution < -0.4 is 9.64 Å². The second-order valence-corrected chi connectivity index (χ2v) is 10.9. The second kappa shape index (κ2) is 8.08. The molecule has 0 aliphatic carbocycles. The first-order valence-electron chi connectivity index (χ1n) is 8.73. The first-order chi connectivity index (χ1) is 13.8. The Hall–Kier alpha value is -1.91. The predicted molar refractivity (Wildman–Crippen MR) is 115 cm³/mol. The number of anilines is 1. The predicted octanol–water partition coefficient (Wildman–Crippen LogP) is 3.27. The van der Waals surface area contributed by atoms with Gasteiger partial charge in [-0.2, -0.15) is 4.99 Å². The third-order valence-corrected chi connectivity index (χ3v) is 8.26. The molecule has 1 amide bonds. The molecule has 2 atom stereocenters. The highest BCUT2D eigenvalue weighted by molar-refractivity contribution is 9.10. The maximum atomic E-state index is 14.6. The number of hydrogen-bond donors (Lipinski definition) is 0. The molecule has 6 nitrogen and oxygen atoms in total. The van der Waals surface area contributed by atoms with Crippen LogP contribution in [0.15, 0.2) is 58.0 Å². The molecule has 152 valence electrons. The van der Waals surface area contributed by atoms with Gasteiger partial charge in [0.2, 0.25) is 0 Å². The van der Waals surface area contributed by atoms with Gasteiger partial charge in [-0.15, -0.1) is 0 Å². The van der Waals surface area contributed by atoms with Crippen molar-refractivity contribution >= 4 is 54.3 Å². The third kappa shape index (κ3) is 4.49. The van der Waals surface area contributed by atoms with Crippen molar-refractivity contribution in [3.05, 3.63) is 58.8 Å². The van der Waals surface area contributed by atoms with Crippen molar-refractivity contribution < 1.29 is 22.3 Å². The van der Waals surface area contributed by atoms with E-state index in [1.165, 1.54) is 22.7 Å². The lowest BCUT2D eigenvalue weighted by Crippen LogP contribution is -2.38. The summed E-state index contributed by atoms with van der Waals surface area (Å²) < 4.78 is 44.8. The molecule has 0 radical (unpaired) electrons. The molecule has 2 heterocycles. The molecule has 0 aromatic heterocycles. The number of amidine groups is 1. The maximum Gasteiger partial charge on any atom is 0.285 e. The molecular weight excluding hydrogens is 483 g/mol. The smallest absolute Gasteiger partial charge is 0.285 e. The van der Waals surface area contributed by atoms with E-state index in [9.17, 15) is 17.6 Å². The molecule has 29 heavy (non-hydrogen) atoms. The number of nitrogens with zero attached hydrogens (tertiary/aromatic N) is 2. The van der Waals surface area contributed by atoms with E-state index in [2.05, 4.69) is 20.9 Å². The Morgan fingerprint density at radius 3 is 2.72 bits per heavy atom. The number of hydrogen-bond acceptors (Lipinski definition) is 5. The minimum atomic E-state index is -3.22. The summed E-state index contributed by atoms with van der Waals surface area (Å²) in [6, 6.07) is 12.9. The zero-order valence-corrected chi connectivity index (χ0v) is 18.2. The minimum absolute atomic E-state index is 0.0231. The van der Waals surface area contributed by atoms with Crippen LogP contribution in [0.2, 0.25) is 0 Å². The van der Waals surface area contributed by atoms with Crippen LogP contribution in [0.3, 0.4) is 0 Å². The highest BCUT2D eigenvalue weighted by Crippen LogP contribution is 2.42. The molecule has 0 spiro atoms. The topological polar surface area (TPSA) is 76.0 Å². The van der Waals surface area contributed by atoms with Crippen LogP contribution >= 0.6 is 27.7 Å². The average molecular weight is 499 g/mol. The molecule has 0 unspecified atom stereocenters. The number of fused-ring (bicyclic) bond motifs is 1. The third-order valence-electron chi connectivity index (χ3n) is 4.56. The summed E-state index contributed by atoms with van der Waals surface area (Å²) in [4.78, 5) is 18.0. The molecule has 0 saturated carbocycles. The number of sulfone groups is 1. The summed E-state index contributed by atoms with van der Waals surface area (Å²) in [7, 11) is -3.22. The standard InChI is InChI=1S/C19H16BrFN2O4S2/c20-12-6-7-15(14(21)8-12)23-16-10-29(25,26)11-17(16)28-19(23)22-18(24)9-27-13-4-2-1-3-5-13/h1-8,16-17H,9-11H2/t16-,17-/m1/s1. The number of carbonyl (C=O) groups excluding carboxylic acids is 1. The Balaban J connectivity index is 1.60. The van der Waals surface area contributed by atoms with Gasteiger partial charge in [-0.05, 0) is 30.3 Å². The van der Waals surface area contributed by atoms with E-state index in [4.69, 9.17) is 4.74 Å². The lowest BCUT2D eigenvalue weighted by atomic mass is 10.2. The van der Waals surface area contributed by atoms with Gasteiger partial charge >= 0.3 is 0 Å². The van der Waals surface area contributed by atoms with Gasteiger partial charge in [-0.1, -0.05) is 45.9 Å². The minimum Gasteiger partial charge on any atom is -0.484 e. The quantitative estimate of drug-likeness (QED) is 0.643. The van der Waals surface area contributed by atoms with Crippen LogP contribution in [0, 0.1) is 5.82 Å². The fourth-order valence-corrected chi connectivity index (χ4v) is 7.58. The van der Waals surface area contributed by atoms with Gasteiger partial charge in [0.1, 0.15) is 11.6 Å². The van der Waals surface area contributed by atoms with Crippen LogP contribution in [0.1, 0.15) is 0 Å². The number of benzene rings is 2. The van der Waals surface area contributed by atoms with Crippen LogP contribution in [0.4, 0.5) is 10.1 Å². The van der Waals surface area contributed by atoms with Crippen molar-refractivity contribution in [2.24, 2.45) is 4.99 Å². The highest BCUT2D eigenvalue weighted by Gasteiger charge is 2.50. The van der Waals surface area contributed by atoms with Gasteiger partial charge in [0.15, 0.2) is 21.6 Å². The lowest BCUT2D eigenvalue weighted by molar-refractivity contribution is -0.119. The summed E-state index contributed by atoms with van der Waals surface area (Å²) in [5.41, 5.74) is 0.195. The molecule has 2 aromatic rings. The number of carbonyl (C=O) groups is 1. The maximum absolute atomic E-state index is 14.6. The molecule has 0 N–H and O–H groups in total. The van der Waals surface area contributed by atoms with E-state index in [1.54, 1.807) is 36.4 Å². The van der Waals surface area contributed by atoms with E-state index < -0.39 is 27.6 Å². The Bertz CT molecular complexity index is 1080. The largest absolute Gasteiger partial charge is 0.484 e. The molecule has 0 bridgehead atoms. The first kappa shape index (κ1) is 20.4. The normalized spacial score (nSPS) is 23.9. The van der Waals surface area contributed by atoms with Gasteiger partial charge in [0.25, 0.3) is 5.91 Å². The Kier molecular flexibility index (Phi) is 5.67. The van der Waals surface area contributed by atoms with Gasteiger partial charge in [0, 0.05) is 9.72 Å². The van der Waals surface area contributed by atoms with E-state index in [1.807, 2.05) is 6.07 Å². The van der Waals surface area contributed by atoms with Gasteiger partial charge < -0.3 is 9.64 Å². The number of amides is 1. The van der Waals surface area contributed by atoms with E-state index in [0.717, 1.165) is 0 Å². The van der Waals surface area contributed by atoms with Crippen molar-refractivity contribution in [3.8, 4) is 5.75 Å². The van der Waals surface area contributed by atoms with Gasteiger partial charge in [-0.3, -0.25) is 4.79 Å². The van der Waals surface area contributed by atoms with Crippen LogP contribution in [-0.4, -0.2) is 48.9 Å². The fourth-order valence-electron chi connectivity index (χ4n) is 3.32. The monoisotopic (exact) mass is 498 g/mol. The molecule has 2 fully saturated rings. The number of para-hydroxylation sites is 1. The number of thioether (sulfide) groups is 1. The second-order valence-electron chi connectivity index (χ2n) is 6.66. The number of rotatable bonds is 4. The molecule has 2 saturated heterocycles. The summed E-state index contributed by atoms with van der Waals surface area (Å²) in [6.07, 6.45) is 0. The summed E-state index contributed by atoms with van der Waals surface area (Å²) in [5, 5.41) is -0.0116. The van der Waals surface area contributed by atoms with Crippen LogP contribution in [-0.2, 0) is 14.6 Å². The van der Waals surface area contributed by atoms with E-state index in [-0.39, 0.29) is 34.2 Å². The SMILES string of the molecule is O=C(COc1ccccc1)N=C1S[C@@H]2CS(=O)(=O)C[C@H]2N1c1ccc(Br)cc1F. The van der Waals surface area contributed by atoms with Crippen molar-refractivity contribution in [2.45, 2.75) is 11.3 Å². The number of halogens is 2. The van der Waals surface area contributed by atoms with Crippen molar-refractivity contribution in [3.63, 3.8) is 0 Å². The Morgan fingerprint density at radius 1 is 1.24 bits per heavy atom. The van der Waals surface area contributed by atoms with Crippen molar-refractivity contribution in [1.82, 2.24) is 0 Å². The fraction of sp³-hybridized carbons (Fsp3) is 0.263. The molecule has 2 aliphatic heterocycles. The molecule has 4 rings (SSSR count). The van der Waals surface area contributed by atoms with Gasteiger partial charge in [-0.25, -0.2) is 12.8 Å². The number of ether oxygens (including phenoxy) is 1. The van der Waals surface area contributed by atoms with E-state index >= 15 is 0 Å². The van der Waals surface area contributed by atoms with Gasteiger partial charge in [0.05, 0.1) is 23.2 Å². The van der Waals surface area contributed by atoms with Crippen molar-refractivity contribution in [2.75, 3.05) is 23.0 Å². The highest BCUT2D eigenvalue weighted by atomic mass is 79.9. The van der Waals surface area contributed by atoms with Crippen LogP contribution in [0.25, 0.3) is 0 Å². The zero-order valence-electron chi connectivity index (χ0n) is 15.0. The zero-order chi connectivity index (χ0) is 20.6.